The summed E-state index contributed by atoms with van der Waals surface area (Å²) in [5.74, 6) is 0.0697. The van der Waals surface area contributed by atoms with Crippen LogP contribution in [0.1, 0.15) is 19.8 Å². The molecular weight excluding hydrogens is 206 g/mol. The van der Waals surface area contributed by atoms with Crippen molar-refractivity contribution in [1.82, 2.24) is 10.2 Å². The number of piperidine rings is 1. The molecular formula is C11H23N3O2. The summed E-state index contributed by atoms with van der Waals surface area (Å²) < 4.78 is 5.56. The zero-order valence-corrected chi connectivity index (χ0v) is 10.1. The highest BCUT2D eigenvalue weighted by molar-refractivity contribution is 5.77. The van der Waals surface area contributed by atoms with E-state index in [-0.39, 0.29) is 5.91 Å². The molecule has 0 radical (unpaired) electrons. The summed E-state index contributed by atoms with van der Waals surface area (Å²) >= 11 is 0. The summed E-state index contributed by atoms with van der Waals surface area (Å²) in [5, 5.41) is 2.78. The summed E-state index contributed by atoms with van der Waals surface area (Å²) in [6.07, 6.45) is 2.43. The largest absolute Gasteiger partial charge is 0.378 e. The summed E-state index contributed by atoms with van der Waals surface area (Å²) in [5.41, 5.74) is 5.32. The maximum atomic E-state index is 11.4. The van der Waals surface area contributed by atoms with Crippen LogP contribution in [0.2, 0.25) is 0 Å². The molecule has 5 nitrogen and oxygen atoms in total. The van der Waals surface area contributed by atoms with Crippen LogP contribution in [0.5, 0.6) is 0 Å². The van der Waals surface area contributed by atoms with Crippen LogP contribution in [0.4, 0.5) is 0 Å². The minimum atomic E-state index is 0.0697. The third-order valence-electron chi connectivity index (χ3n) is 2.77. The maximum Gasteiger partial charge on any atom is 0.234 e. The standard InChI is InChI=1S/C11H23N3O2/c1-2-16-10-3-7-14(8-4-10)9-11(15)13-6-5-12/h10H,2-9,12H2,1H3,(H,13,15). The minimum Gasteiger partial charge on any atom is -0.378 e. The van der Waals surface area contributed by atoms with Gasteiger partial charge in [0.25, 0.3) is 0 Å². The molecule has 5 heteroatoms. The van der Waals surface area contributed by atoms with E-state index in [0.717, 1.165) is 32.5 Å². The predicted octanol–water partition coefficient (Wildman–Crippen LogP) is -0.438. The van der Waals surface area contributed by atoms with Crippen molar-refractivity contribution in [3.05, 3.63) is 0 Å². The van der Waals surface area contributed by atoms with E-state index in [1.54, 1.807) is 0 Å². The van der Waals surface area contributed by atoms with E-state index < -0.39 is 0 Å². The molecule has 0 aromatic carbocycles. The van der Waals surface area contributed by atoms with E-state index in [9.17, 15) is 4.79 Å². The molecule has 16 heavy (non-hydrogen) atoms. The molecule has 0 atom stereocenters. The molecule has 1 rings (SSSR count). The molecule has 0 unspecified atom stereocenters. The van der Waals surface area contributed by atoms with E-state index >= 15 is 0 Å². The number of ether oxygens (including phenoxy) is 1. The molecule has 1 aliphatic rings. The lowest BCUT2D eigenvalue weighted by molar-refractivity contribution is -0.122. The molecule has 1 aliphatic heterocycles. The number of amides is 1. The maximum absolute atomic E-state index is 11.4. The molecule has 0 bridgehead atoms. The molecule has 0 aromatic heterocycles. The quantitative estimate of drug-likeness (QED) is 0.648. The fraction of sp³-hybridized carbons (Fsp3) is 0.909. The van der Waals surface area contributed by atoms with Crippen LogP contribution in [0.15, 0.2) is 0 Å². The second kappa shape index (κ2) is 7.60. The van der Waals surface area contributed by atoms with Gasteiger partial charge in [-0.05, 0) is 19.8 Å². The Labute approximate surface area is 97.3 Å². The number of nitrogens with two attached hydrogens (primary N) is 1. The van der Waals surface area contributed by atoms with Crippen LogP contribution in [0.25, 0.3) is 0 Å². The first-order valence-electron chi connectivity index (χ1n) is 6.07. The zero-order valence-electron chi connectivity index (χ0n) is 10.1. The van der Waals surface area contributed by atoms with E-state index in [1.807, 2.05) is 6.92 Å². The first kappa shape index (κ1) is 13.4. The Kier molecular flexibility index (Phi) is 6.37. The number of hydrogen-bond acceptors (Lipinski definition) is 4. The fourth-order valence-corrected chi connectivity index (χ4v) is 1.94. The summed E-state index contributed by atoms with van der Waals surface area (Å²) in [7, 11) is 0. The molecule has 1 saturated heterocycles. The first-order chi connectivity index (χ1) is 7.76. The Bertz CT molecular complexity index is 203. The van der Waals surface area contributed by atoms with Gasteiger partial charge in [0.1, 0.15) is 0 Å². The van der Waals surface area contributed by atoms with E-state index in [0.29, 0.717) is 25.7 Å². The third-order valence-corrected chi connectivity index (χ3v) is 2.77. The number of rotatable bonds is 6. The zero-order chi connectivity index (χ0) is 11.8. The van der Waals surface area contributed by atoms with Crippen molar-refractivity contribution in [2.24, 2.45) is 5.73 Å². The van der Waals surface area contributed by atoms with Gasteiger partial charge in [-0.3, -0.25) is 9.69 Å². The molecule has 0 saturated carbocycles. The van der Waals surface area contributed by atoms with Crippen molar-refractivity contribution in [3.63, 3.8) is 0 Å². The number of nitrogens with one attached hydrogen (secondary N) is 1. The minimum absolute atomic E-state index is 0.0697. The summed E-state index contributed by atoms with van der Waals surface area (Å²) in [6.45, 7) is 6.24. The van der Waals surface area contributed by atoms with Gasteiger partial charge in [-0.15, -0.1) is 0 Å². The van der Waals surface area contributed by atoms with Crippen LogP contribution < -0.4 is 11.1 Å². The molecule has 1 heterocycles. The molecule has 0 spiro atoms. The topological polar surface area (TPSA) is 67.6 Å². The van der Waals surface area contributed by atoms with Crippen LogP contribution in [0.3, 0.4) is 0 Å². The Hall–Kier alpha value is -0.650. The Morgan fingerprint density at radius 3 is 2.75 bits per heavy atom. The highest BCUT2D eigenvalue weighted by Crippen LogP contribution is 2.12. The van der Waals surface area contributed by atoms with Crippen LogP contribution in [-0.2, 0) is 9.53 Å². The second-order valence-electron chi connectivity index (χ2n) is 4.07. The second-order valence-corrected chi connectivity index (χ2v) is 4.07. The predicted molar refractivity (Wildman–Crippen MR) is 63.2 cm³/mol. The average molecular weight is 229 g/mol. The van der Waals surface area contributed by atoms with E-state index in [4.69, 9.17) is 10.5 Å². The van der Waals surface area contributed by atoms with Gasteiger partial charge in [-0.1, -0.05) is 0 Å². The number of carbonyl (C=O) groups excluding carboxylic acids is 1. The van der Waals surface area contributed by atoms with Crippen molar-refractivity contribution < 1.29 is 9.53 Å². The summed E-state index contributed by atoms with van der Waals surface area (Å²) in [4.78, 5) is 13.6. The van der Waals surface area contributed by atoms with E-state index in [2.05, 4.69) is 10.2 Å². The van der Waals surface area contributed by atoms with Gasteiger partial charge in [0.15, 0.2) is 0 Å². The Balaban J connectivity index is 2.14. The number of hydrogen-bond donors (Lipinski definition) is 2. The van der Waals surface area contributed by atoms with Crippen LogP contribution in [-0.4, -0.2) is 56.2 Å². The fourth-order valence-electron chi connectivity index (χ4n) is 1.94. The summed E-state index contributed by atoms with van der Waals surface area (Å²) in [6, 6.07) is 0. The number of nitrogens with zero attached hydrogens (tertiary/aromatic N) is 1. The van der Waals surface area contributed by atoms with Crippen molar-refractivity contribution >= 4 is 5.91 Å². The van der Waals surface area contributed by atoms with Gasteiger partial charge in [0.2, 0.25) is 5.91 Å². The lowest BCUT2D eigenvalue weighted by atomic mass is 10.1. The number of carbonyl (C=O) groups is 1. The normalized spacial score (nSPS) is 18.6. The molecule has 0 aromatic rings. The lowest BCUT2D eigenvalue weighted by Crippen LogP contribution is -2.43. The Morgan fingerprint density at radius 1 is 1.50 bits per heavy atom. The monoisotopic (exact) mass is 229 g/mol. The molecule has 1 fully saturated rings. The average Bonchev–Trinajstić information content (AvgIpc) is 2.29. The van der Waals surface area contributed by atoms with E-state index in [1.165, 1.54) is 0 Å². The molecule has 0 aliphatic carbocycles. The van der Waals surface area contributed by atoms with Crippen LogP contribution in [0, 0.1) is 0 Å². The molecule has 94 valence electrons. The van der Waals surface area contributed by atoms with Gasteiger partial charge in [0, 0.05) is 32.8 Å². The number of likely N-dealkylation sites (tertiary alicyclic amines) is 1. The molecule has 1 amide bonds. The van der Waals surface area contributed by atoms with Crippen molar-refractivity contribution in [1.29, 1.82) is 0 Å². The van der Waals surface area contributed by atoms with Crippen molar-refractivity contribution in [3.8, 4) is 0 Å². The highest BCUT2D eigenvalue weighted by atomic mass is 16.5. The lowest BCUT2D eigenvalue weighted by Gasteiger charge is -2.31. The highest BCUT2D eigenvalue weighted by Gasteiger charge is 2.20. The van der Waals surface area contributed by atoms with Crippen molar-refractivity contribution in [2.45, 2.75) is 25.9 Å². The Morgan fingerprint density at radius 2 is 2.19 bits per heavy atom. The van der Waals surface area contributed by atoms with Crippen molar-refractivity contribution in [2.75, 3.05) is 39.3 Å². The van der Waals surface area contributed by atoms with Gasteiger partial charge in [-0.2, -0.15) is 0 Å². The van der Waals surface area contributed by atoms with Gasteiger partial charge < -0.3 is 15.8 Å². The van der Waals surface area contributed by atoms with Crippen LogP contribution >= 0.6 is 0 Å². The third kappa shape index (κ3) is 4.92. The SMILES string of the molecule is CCOC1CCN(CC(=O)NCCN)CC1. The van der Waals surface area contributed by atoms with Gasteiger partial charge in [-0.25, -0.2) is 0 Å². The smallest absolute Gasteiger partial charge is 0.234 e. The van der Waals surface area contributed by atoms with Gasteiger partial charge in [0.05, 0.1) is 12.6 Å². The molecule has 3 N–H and O–H groups in total. The first-order valence-corrected chi connectivity index (χ1v) is 6.07. The van der Waals surface area contributed by atoms with Gasteiger partial charge >= 0.3 is 0 Å².